The van der Waals surface area contributed by atoms with Crippen LogP contribution in [0.1, 0.15) is 27.1 Å². The van der Waals surface area contributed by atoms with Crippen molar-refractivity contribution in [2.45, 2.75) is 25.1 Å². The Balaban J connectivity index is 2.16. The number of halogens is 2. The molecular weight excluding hydrogens is 291 g/mol. The van der Waals surface area contributed by atoms with Gasteiger partial charge in [-0.2, -0.15) is 0 Å². The van der Waals surface area contributed by atoms with Gasteiger partial charge in [0.15, 0.2) is 0 Å². The summed E-state index contributed by atoms with van der Waals surface area (Å²) in [6.45, 7) is 4.03. The Bertz CT molecular complexity index is 531. The third kappa shape index (κ3) is 3.20. The van der Waals surface area contributed by atoms with E-state index in [-0.39, 0.29) is 10.6 Å². The third-order valence-electron chi connectivity index (χ3n) is 3.10. The van der Waals surface area contributed by atoms with E-state index in [1.54, 1.807) is 6.07 Å². The van der Waals surface area contributed by atoms with Gasteiger partial charge in [-0.05, 0) is 49.1 Å². The number of aryl methyl sites for hydroxylation is 2. The van der Waals surface area contributed by atoms with Crippen molar-refractivity contribution in [2.24, 2.45) is 0 Å². The van der Waals surface area contributed by atoms with Crippen molar-refractivity contribution < 1.29 is 4.39 Å². The Morgan fingerprint density at radius 3 is 2.33 bits per heavy atom. The topological polar surface area (TPSA) is 0 Å². The van der Waals surface area contributed by atoms with Crippen molar-refractivity contribution in [2.75, 3.05) is 0 Å². The van der Waals surface area contributed by atoms with Crippen LogP contribution >= 0.6 is 15.9 Å². The molecule has 0 radical (unpaired) electrons. The quantitative estimate of drug-likeness (QED) is 0.690. The molecule has 0 amide bonds. The maximum atomic E-state index is 13.1. The van der Waals surface area contributed by atoms with E-state index in [0.717, 1.165) is 17.5 Å². The predicted octanol–water partition coefficient (Wildman–Crippen LogP) is 5.12. The van der Waals surface area contributed by atoms with E-state index < -0.39 is 0 Å². The molecule has 0 saturated heterocycles. The average molecular weight is 307 g/mol. The maximum absolute atomic E-state index is 13.1. The summed E-state index contributed by atoms with van der Waals surface area (Å²) in [6, 6.07) is 13.5. The van der Waals surface area contributed by atoms with Crippen molar-refractivity contribution in [3.63, 3.8) is 0 Å². The lowest BCUT2D eigenvalue weighted by Gasteiger charge is -2.13. The Morgan fingerprint density at radius 2 is 1.72 bits per heavy atom. The highest BCUT2D eigenvalue weighted by molar-refractivity contribution is 9.09. The summed E-state index contributed by atoms with van der Waals surface area (Å²) in [5.74, 6) is -0.175. The average Bonchev–Trinajstić information content (AvgIpc) is 2.32. The van der Waals surface area contributed by atoms with Crippen molar-refractivity contribution >= 4 is 15.9 Å². The monoisotopic (exact) mass is 306 g/mol. The Kier molecular flexibility index (Phi) is 4.18. The highest BCUT2D eigenvalue weighted by Gasteiger charge is 2.11. The smallest absolute Gasteiger partial charge is 0.123 e. The van der Waals surface area contributed by atoms with E-state index in [0.29, 0.717) is 0 Å². The number of hydrogen-bond acceptors (Lipinski definition) is 0. The van der Waals surface area contributed by atoms with Gasteiger partial charge >= 0.3 is 0 Å². The fourth-order valence-electron chi connectivity index (χ4n) is 2.03. The zero-order valence-electron chi connectivity index (χ0n) is 10.6. The fraction of sp³-hybridized carbons (Fsp3) is 0.250. The molecule has 0 aromatic heterocycles. The van der Waals surface area contributed by atoms with Crippen LogP contribution in [-0.4, -0.2) is 0 Å². The highest BCUT2D eigenvalue weighted by Crippen LogP contribution is 2.29. The van der Waals surface area contributed by atoms with Gasteiger partial charge in [0.25, 0.3) is 0 Å². The maximum Gasteiger partial charge on any atom is 0.123 e. The van der Waals surface area contributed by atoms with Gasteiger partial charge in [-0.25, -0.2) is 4.39 Å². The van der Waals surface area contributed by atoms with Crippen LogP contribution in [0.25, 0.3) is 0 Å². The standard InChI is InChI=1S/C16H16BrF/c1-11-3-5-13(6-4-11)10-16(17)15-8-7-14(18)9-12(15)2/h3-9,16H,10H2,1-2H3. The normalized spacial score (nSPS) is 12.4. The minimum absolute atomic E-state index is 0.175. The summed E-state index contributed by atoms with van der Waals surface area (Å²) in [4.78, 5) is 0.223. The third-order valence-corrected chi connectivity index (χ3v) is 3.92. The van der Waals surface area contributed by atoms with Crippen LogP contribution in [0.15, 0.2) is 42.5 Å². The predicted molar refractivity (Wildman–Crippen MR) is 77.7 cm³/mol. The van der Waals surface area contributed by atoms with Crippen LogP contribution < -0.4 is 0 Å². The molecule has 18 heavy (non-hydrogen) atoms. The van der Waals surface area contributed by atoms with Crippen LogP contribution in [0.3, 0.4) is 0 Å². The molecule has 1 atom stereocenters. The number of hydrogen-bond donors (Lipinski definition) is 0. The SMILES string of the molecule is Cc1ccc(CC(Br)c2ccc(F)cc2C)cc1. The van der Waals surface area contributed by atoms with Crippen molar-refractivity contribution in [3.8, 4) is 0 Å². The zero-order chi connectivity index (χ0) is 13.1. The molecule has 0 aliphatic heterocycles. The highest BCUT2D eigenvalue weighted by atomic mass is 79.9. The van der Waals surface area contributed by atoms with Crippen LogP contribution in [0, 0.1) is 19.7 Å². The van der Waals surface area contributed by atoms with Crippen molar-refractivity contribution in [1.29, 1.82) is 0 Å². The van der Waals surface area contributed by atoms with E-state index in [9.17, 15) is 4.39 Å². The molecular formula is C16H16BrF. The van der Waals surface area contributed by atoms with Gasteiger partial charge in [-0.1, -0.05) is 51.8 Å². The molecule has 0 fully saturated rings. The van der Waals surface area contributed by atoms with Gasteiger partial charge in [0.05, 0.1) is 0 Å². The van der Waals surface area contributed by atoms with Gasteiger partial charge in [0, 0.05) is 4.83 Å². The molecule has 0 N–H and O–H groups in total. The number of rotatable bonds is 3. The first-order valence-corrected chi connectivity index (χ1v) is 6.93. The molecule has 0 nitrogen and oxygen atoms in total. The van der Waals surface area contributed by atoms with Gasteiger partial charge < -0.3 is 0 Å². The second-order valence-corrected chi connectivity index (χ2v) is 5.76. The molecule has 1 unspecified atom stereocenters. The lowest BCUT2D eigenvalue weighted by molar-refractivity contribution is 0.625. The number of alkyl halides is 1. The van der Waals surface area contributed by atoms with Crippen molar-refractivity contribution in [3.05, 3.63) is 70.5 Å². The van der Waals surface area contributed by atoms with Crippen LogP contribution in [-0.2, 0) is 6.42 Å². The van der Waals surface area contributed by atoms with Crippen LogP contribution in [0.5, 0.6) is 0 Å². The van der Waals surface area contributed by atoms with Gasteiger partial charge in [-0.15, -0.1) is 0 Å². The van der Waals surface area contributed by atoms with Crippen molar-refractivity contribution in [1.82, 2.24) is 0 Å². The fourth-order valence-corrected chi connectivity index (χ4v) is 2.92. The molecule has 0 spiro atoms. The summed E-state index contributed by atoms with van der Waals surface area (Å²) >= 11 is 3.69. The molecule has 0 bridgehead atoms. The van der Waals surface area contributed by atoms with Crippen LogP contribution in [0.2, 0.25) is 0 Å². The number of benzene rings is 2. The van der Waals surface area contributed by atoms with Gasteiger partial charge in [0.2, 0.25) is 0 Å². The second kappa shape index (κ2) is 5.66. The Morgan fingerprint density at radius 1 is 1.06 bits per heavy atom. The summed E-state index contributed by atoms with van der Waals surface area (Å²) in [5.41, 5.74) is 4.69. The molecule has 0 aliphatic rings. The van der Waals surface area contributed by atoms with Gasteiger partial charge in [-0.3, -0.25) is 0 Å². The van der Waals surface area contributed by atoms with Gasteiger partial charge in [0.1, 0.15) is 5.82 Å². The Labute approximate surface area is 116 Å². The first kappa shape index (κ1) is 13.3. The first-order chi connectivity index (χ1) is 8.56. The lowest BCUT2D eigenvalue weighted by atomic mass is 10.00. The minimum atomic E-state index is -0.175. The lowest BCUT2D eigenvalue weighted by Crippen LogP contribution is -1.98. The molecule has 2 aromatic carbocycles. The van der Waals surface area contributed by atoms with E-state index in [2.05, 4.69) is 47.1 Å². The van der Waals surface area contributed by atoms with E-state index in [1.165, 1.54) is 17.2 Å². The Hall–Kier alpha value is -1.15. The molecule has 2 aromatic rings. The zero-order valence-corrected chi connectivity index (χ0v) is 12.2. The molecule has 2 rings (SSSR count). The molecule has 0 saturated carbocycles. The molecule has 0 heterocycles. The summed E-state index contributed by atoms with van der Waals surface area (Å²) in [7, 11) is 0. The second-order valence-electron chi connectivity index (χ2n) is 4.66. The van der Waals surface area contributed by atoms with Crippen LogP contribution in [0.4, 0.5) is 4.39 Å². The van der Waals surface area contributed by atoms with E-state index in [1.807, 2.05) is 13.0 Å². The molecule has 0 aliphatic carbocycles. The first-order valence-electron chi connectivity index (χ1n) is 6.02. The summed E-state index contributed by atoms with van der Waals surface area (Å²) in [6.07, 6.45) is 0.909. The summed E-state index contributed by atoms with van der Waals surface area (Å²) < 4.78 is 13.1. The van der Waals surface area contributed by atoms with E-state index >= 15 is 0 Å². The summed E-state index contributed by atoms with van der Waals surface area (Å²) in [5, 5.41) is 0. The molecule has 2 heteroatoms. The molecule has 94 valence electrons. The minimum Gasteiger partial charge on any atom is -0.207 e. The van der Waals surface area contributed by atoms with E-state index in [4.69, 9.17) is 0 Å². The largest absolute Gasteiger partial charge is 0.207 e.